The second kappa shape index (κ2) is 3.23. The molecule has 15 heavy (non-hydrogen) atoms. The molecule has 0 unspecified atom stereocenters. The largest absolute Gasteiger partial charge is 0.465 e. The van der Waals surface area contributed by atoms with E-state index in [1.807, 2.05) is 0 Å². The third-order valence-electron chi connectivity index (χ3n) is 2.43. The summed E-state index contributed by atoms with van der Waals surface area (Å²) >= 11 is 0. The van der Waals surface area contributed by atoms with Crippen LogP contribution in [0.25, 0.3) is 0 Å². The molecule has 1 aromatic rings. The van der Waals surface area contributed by atoms with Crippen LogP contribution in [0.3, 0.4) is 0 Å². The van der Waals surface area contributed by atoms with E-state index in [1.165, 1.54) is 6.20 Å². The molecule has 6 nitrogen and oxygen atoms in total. The van der Waals surface area contributed by atoms with Gasteiger partial charge in [-0.05, 0) is 12.0 Å². The van der Waals surface area contributed by atoms with E-state index in [-0.39, 0.29) is 12.1 Å². The number of nitrogens with zero attached hydrogens (tertiary/aromatic N) is 1. The van der Waals surface area contributed by atoms with Crippen LogP contribution < -0.4 is 0 Å². The quantitative estimate of drug-likeness (QED) is 0.657. The van der Waals surface area contributed by atoms with Gasteiger partial charge in [0, 0.05) is 12.7 Å². The summed E-state index contributed by atoms with van der Waals surface area (Å²) in [5.41, 5.74) is 1.22. The highest BCUT2D eigenvalue weighted by Crippen LogP contribution is 2.21. The maximum atomic E-state index is 11.6. The minimum absolute atomic E-state index is 0.0971. The lowest BCUT2D eigenvalue weighted by atomic mass is 10.0. The highest BCUT2D eigenvalue weighted by Gasteiger charge is 2.31. The number of nitrogens with one attached hydrogen (secondary N) is 1. The number of aromatic nitrogens is 1. The summed E-state index contributed by atoms with van der Waals surface area (Å²) in [4.78, 5) is 36.3. The van der Waals surface area contributed by atoms with Gasteiger partial charge < -0.3 is 10.1 Å². The van der Waals surface area contributed by atoms with Crippen molar-refractivity contribution >= 4 is 18.3 Å². The fourth-order valence-electron chi connectivity index (χ4n) is 1.69. The average molecular weight is 208 g/mol. The Labute approximate surface area is 84.5 Å². The maximum Gasteiger partial charge on any atom is 0.414 e. The topological polar surface area (TPSA) is 90.5 Å². The van der Waals surface area contributed by atoms with Crippen LogP contribution in [0.15, 0.2) is 6.20 Å². The first kappa shape index (κ1) is 9.45. The van der Waals surface area contributed by atoms with Crippen molar-refractivity contribution in [2.45, 2.75) is 6.42 Å². The standard InChI is InChI=1S/C9H8N2O4/c12-4-7-5-1-2-11(9(14)15)8(13)6(5)3-10-7/h3-4,10H,1-2H2,(H,14,15). The molecule has 0 spiro atoms. The van der Waals surface area contributed by atoms with E-state index in [4.69, 9.17) is 5.11 Å². The van der Waals surface area contributed by atoms with E-state index >= 15 is 0 Å². The number of carbonyl (C=O) groups is 3. The summed E-state index contributed by atoms with van der Waals surface area (Å²) in [7, 11) is 0. The number of imide groups is 1. The Kier molecular flexibility index (Phi) is 2.03. The monoisotopic (exact) mass is 208 g/mol. The number of aldehydes is 1. The van der Waals surface area contributed by atoms with Crippen molar-refractivity contribution in [3.8, 4) is 0 Å². The lowest BCUT2D eigenvalue weighted by molar-refractivity contribution is 0.0728. The summed E-state index contributed by atoms with van der Waals surface area (Å²) in [5.74, 6) is -0.576. The lowest BCUT2D eigenvalue weighted by Gasteiger charge is -2.22. The van der Waals surface area contributed by atoms with Gasteiger partial charge >= 0.3 is 6.09 Å². The van der Waals surface area contributed by atoms with Crippen LogP contribution in [0.1, 0.15) is 26.4 Å². The number of carbonyl (C=O) groups excluding carboxylic acids is 2. The zero-order valence-corrected chi connectivity index (χ0v) is 7.69. The fraction of sp³-hybridized carbons (Fsp3) is 0.222. The Morgan fingerprint density at radius 1 is 1.60 bits per heavy atom. The number of hydrogen-bond acceptors (Lipinski definition) is 3. The first-order valence-electron chi connectivity index (χ1n) is 4.35. The molecule has 1 aliphatic heterocycles. The van der Waals surface area contributed by atoms with Crippen LogP contribution in [0.2, 0.25) is 0 Å². The molecule has 1 aromatic heterocycles. The van der Waals surface area contributed by atoms with E-state index in [0.29, 0.717) is 24.0 Å². The summed E-state index contributed by atoms with van der Waals surface area (Å²) in [5, 5.41) is 8.72. The van der Waals surface area contributed by atoms with Crippen LogP contribution in [0.4, 0.5) is 4.79 Å². The number of hydrogen-bond donors (Lipinski definition) is 2. The molecule has 0 aliphatic carbocycles. The summed E-state index contributed by atoms with van der Waals surface area (Å²) < 4.78 is 0. The predicted molar refractivity (Wildman–Crippen MR) is 48.9 cm³/mol. The van der Waals surface area contributed by atoms with Gasteiger partial charge in [0.25, 0.3) is 5.91 Å². The first-order chi connectivity index (χ1) is 7.15. The van der Waals surface area contributed by atoms with Gasteiger partial charge in [-0.2, -0.15) is 0 Å². The molecule has 0 atom stereocenters. The van der Waals surface area contributed by atoms with Crippen LogP contribution in [-0.4, -0.2) is 39.8 Å². The van der Waals surface area contributed by atoms with Gasteiger partial charge in [-0.3, -0.25) is 9.59 Å². The molecule has 2 N–H and O–H groups in total. The van der Waals surface area contributed by atoms with Crippen molar-refractivity contribution in [3.63, 3.8) is 0 Å². The van der Waals surface area contributed by atoms with E-state index in [2.05, 4.69) is 4.98 Å². The van der Waals surface area contributed by atoms with Gasteiger partial charge in [0.05, 0.1) is 11.3 Å². The van der Waals surface area contributed by atoms with Crippen molar-refractivity contribution in [3.05, 3.63) is 23.0 Å². The molecule has 0 radical (unpaired) electrons. The van der Waals surface area contributed by atoms with Gasteiger partial charge in [0.2, 0.25) is 0 Å². The second-order valence-electron chi connectivity index (χ2n) is 3.20. The zero-order valence-electron chi connectivity index (χ0n) is 7.69. The van der Waals surface area contributed by atoms with Gasteiger partial charge in [0.1, 0.15) is 0 Å². The molecular formula is C9H8N2O4. The van der Waals surface area contributed by atoms with E-state index in [1.54, 1.807) is 0 Å². The Balaban J connectivity index is 2.43. The van der Waals surface area contributed by atoms with Crippen molar-refractivity contribution in [2.24, 2.45) is 0 Å². The number of carboxylic acid groups (broad SMARTS) is 1. The van der Waals surface area contributed by atoms with Crippen molar-refractivity contribution in [1.29, 1.82) is 0 Å². The van der Waals surface area contributed by atoms with Gasteiger partial charge in [-0.15, -0.1) is 0 Å². The van der Waals surface area contributed by atoms with Crippen LogP contribution >= 0.6 is 0 Å². The normalized spacial score (nSPS) is 14.9. The van der Waals surface area contributed by atoms with E-state index in [9.17, 15) is 14.4 Å². The van der Waals surface area contributed by atoms with Gasteiger partial charge in [0.15, 0.2) is 6.29 Å². The fourth-order valence-corrected chi connectivity index (χ4v) is 1.69. The molecule has 0 saturated heterocycles. The molecular weight excluding hydrogens is 200 g/mol. The summed E-state index contributed by atoms with van der Waals surface area (Å²) in [6.07, 6.45) is 1.11. The maximum absolute atomic E-state index is 11.6. The van der Waals surface area contributed by atoms with Crippen molar-refractivity contribution in [2.75, 3.05) is 6.54 Å². The summed E-state index contributed by atoms with van der Waals surface area (Å²) in [6.45, 7) is 0.0971. The van der Waals surface area contributed by atoms with E-state index < -0.39 is 12.0 Å². The minimum Gasteiger partial charge on any atom is -0.465 e. The van der Waals surface area contributed by atoms with Crippen molar-refractivity contribution < 1.29 is 19.5 Å². The smallest absolute Gasteiger partial charge is 0.414 e. The SMILES string of the molecule is O=Cc1[nH]cc2c1CCN(C(=O)O)C2=O. The lowest BCUT2D eigenvalue weighted by Crippen LogP contribution is -2.40. The molecule has 0 fully saturated rings. The summed E-state index contributed by atoms with van der Waals surface area (Å²) in [6, 6.07) is 0. The first-order valence-corrected chi connectivity index (χ1v) is 4.35. The Morgan fingerprint density at radius 3 is 2.93 bits per heavy atom. The van der Waals surface area contributed by atoms with Crippen LogP contribution in [0.5, 0.6) is 0 Å². The van der Waals surface area contributed by atoms with Crippen LogP contribution in [0, 0.1) is 0 Å². The third kappa shape index (κ3) is 1.30. The number of H-pyrrole nitrogens is 1. The van der Waals surface area contributed by atoms with Gasteiger partial charge in [-0.1, -0.05) is 0 Å². The average Bonchev–Trinajstić information content (AvgIpc) is 2.61. The molecule has 78 valence electrons. The minimum atomic E-state index is -1.26. The Hall–Kier alpha value is -2.11. The Bertz CT molecular complexity index is 449. The zero-order chi connectivity index (χ0) is 11.0. The van der Waals surface area contributed by atoms with E-state index in [0.717, 1.165) is 4.90 Å². The Morgan fingerprint density at radius 2 is 2.33 bits per heavy atom. The molecule has 6 heteroatoms. The number of fused-ring (bicyclic) bond motifs is 1. The molecule has 2 rings (SSSR count). The highest BCUT2D eigenvalue weighted by molar-refractivity contribution is 6.05. The number of rotatable bonds is 1. The predicted octanol–water partition coefficient (Wildman–Crippen LogP) is 0.504. The molecule has 0 saturated carbocycles. The highest BCUT2D eigenvalue weighted by atomic mass is 16.4. The number of aromatic amines is 1. The van der Waals surface area contributed by atoms with Crippen LogP contribution in [-0.2, 0) is 6.42 Å². The van der Waals surface area contributed by atoms with Gasteiger partial charge in [-0.25, -0.2) is 9.69 Å². The molecule has 2 amide bonds. The number of amides is 2. The molecule has 2 heterocycles. The van der Waals surface area contributed by atoms with Crippen molar-refractivity contribution in [1.82, 2.24) is 9.88 Å². The third-order valence-corrected chi connectivity index (χ3v) is 2.43. The molecule has 0 bridgehead atoms. The second-order valence-corrected chi connectivity index (χ2v) is 3.20. The molecule has 1 aliphatic rings. The molecule has 0 aromatic carbocycles.